The van der Waals surface area contributed by atoms with Crippen molar-refractivity contribution in [1.82, 2.24) is 9.80 Å². The average molecular weight is 342 g/mol. The maximum atomic E-state index is 12.1. The van der Waals surface area contributed by atoms with E-state index in [4.69, 9.17) is 21.1 Å². The number of halogens is 1. The van der Waals surface area contributed by atoms with Crippen molar-refractivity contribution in [2.45, 2.75) is 0 Å². The highest BCUT2D eigenvalue weighted by Crippen LogP contribution is 2.35. The van der Waals surface area contributed by atoms with Crippen LogP contribution in [0.4, 0.5) is 10.5 Å². The average Bonchev–Trinajstić information content (AvgIpc) is 2.75. The Balaban J connectivity index is 2.14. The Bertz CT molecular complexity index is 664. The van der Waals surface area contributed by atoms with Gasteiger partial charge in [0.15, 0.2) is 0 Å². The lowest BCUT2D eigenvalue weighted by Gasteiger charge is -2.16. The summed E-state index contributed by atoms with van der Waals surface area (Å²) in [5.74, 6) is -0.269. The summed E-state index contributed by atoms with van der Waals surface area (Å²) < 4.78 is 10.2. The zero-order chi connectivity index (χ0) is 17.1. The number of amides is 4. The summed E-state index contributed by atoms with van der Waals surface area (Å²) in [5, 5.41) is 2.91. The van der Waals surface area contributed by atoms with Crippen LogP contribution in [0.1, 0.15) is 0 Å². The number of anilines is 1. The van der Waals surface area contributed by atoms with Gasteiger partial charge in [0.25, 0.3) is 5.91 Å². The summed E-state index contributed by atoms with van der Waals surface area (Å²) in [6.07, 6.45) is 0. The molecule has 1 aromatic carbocycles. The molecule has 0 radical (unpaired) electrons. The number of likely N-dealkylation sites (N-methyl/N-ethyl adjacent to an activating group) is 1. The first-order valence-electron chi connectivity index (χ1n) is 6.64. The number of benzene rings is 1. The lowest BCUT2D eigenvalue weighted by Crippen LogP contribution is -2.38. The number of ether oxygens (including phenoxy) is 2. The van der Waals surface area contributed by atoms with Crippen LogP contribution < -0.4 is 14.8 Å². The third-order valence-electron chi connectivity index (χ3n) is 3.28. The summed E-state index contributed by atoms with van der Waals surface area (Å²) in [4.78, 5) is 37.7. The van der Waals surface area contributed by atoms with Crippen molar-refractivity contribution >= 4 is 35.1 Å². The number of nitrogens with one attached hydrogen (secondary N) is 1. The van der Waals surface area contributed by atoms with E-state index >= 15 is 0 Å². The minimum atomic E-state index is -0.537. The molecular weight excluding hydrogens is 326 g/mol. The molecule has 0 bridgehead atoms. The fourth-order valence-corrected chi connectivity index (χ4v) is 2.35. The predicted octanol–water partition coefficient (Wildman–Crippen LogP) is 1.19. The quantitative estimate of drug-likeness (QED) is 0.813. The highest BCUT2D eigenvalue weighted by Gasteiger charge is 2.34. The van der Waals surface area contributed by atoms with Gasteiger partial charge in [0, 0.05) is 19.2 Å². The van der Waals surface area contributed by atoms with E-state index in [2.05, 4.69) is 5.32 Å². The first-order chi connectivity index (χ1) is 10.9. The van der Waals surface area contributed by atoms with Gasteiger partial charge in [0.1, 0.15) is 24.6 Å². The fraction of sp³-hybridized carbons (Fsp3) is 0.357. The van der Waals surface area contributed by atoms with Crippen LogP contribution in [0.3, 0.4) is 0 Å². The second kappa shape index (κ2) is 6.74. The molecule has 124 valence electrons. The second-order valence-corrected chi connectivity index (χ2v) is 5.26. The molecule has 1 fully saturated rings. The SMILES string of the molecule is COc1cc(NC(=O)CN2C(=O)CN(C)C2=O)c(OC)cc1Cl. The van der Waals surface area contributed by atoms with E-state index in [9.17, 15) is 14.4 Å². The molecule has 1 N–H and O–H groups in total. The van der Waals surface area contributed by atoms with Crippen molar-refractivity contribution in [2.24, 2.45) is 0 Å². The maximum Gasteiger partial charge on any atom is 0.327 e. The summed E-state index contributed by atoms with van der Waals surface area (Å²) in [5.41, 5.74) is 0.325. The van der Waals surface area contributed by atoms with Gasteiger partial charge < -0.3 is 19.7 Å². The molecule has 1 aromatic rings. The Kier molecular flexibility index (Phi) is 4.95. The Labute approximate surface area is 137 Å². The lowest BCUT2D eigenvalue weighted by molar-refractivity contribution is -0.129. The van der Waals surface area contributed by atoms with Gasteiger partial charge in [-0.2, -0.15) is 0 Å². The number of imide groups is 1. The third kappa shape index (κ3) is 3.48. The molecule has 0 aromatic heterocycles. The third-order valence-corrected chi connectivity index (χ3v) is 3.58. The van der Waals surface area contributed by atoms with Crippen LogP contribution in [0.15, 0.2) is 12.1 Å². The largest absolute Gasteiger partial charge is 0.495 e. The lowest BCUT2D eigenvalue weighted by atomic mass is 10.2. The zero-order valence-corrected chi connectivity index (χ0v) is 13.6. The molecule has 0 unspecified atom stereocenters. The van der Waals surface area contributed by atoms with Crippen LogP contribution in [0.5, 0.6) is 11.5 Å². The monoisotopic (exact) mass is 341 g/mol. The van der Waals surface area contributed by atoms with Crippen molar-refractivity contribution in [3.05, 3.63) is 17.2 Å². The standard InChI is InChI=1S/C14H16ClN3O5/c1-17-7-13(20)18(14(17)21)6-12(19)16-9-5-10(22-2)8(15)4-11(9)23-3/h4-5H,6-7H2,1-3H3,(H,16,19). The highest BCUT2D eigenvalue weighted by molar-refractivity contribution is 6.32. The Morgan fingerprint density at radius 3 is 2.43 bits per heavy atom. The van der Waals surface area contributed by atoms with Gasteiger partial charge in [-0.25, -0.2) is 4.79 Å². The van der Waals surface area contributed by atoms with Crippen LogP contribution in [0.25, 0.3) is 0 Å². The Morgan fingerprint density at radius 1 is 1.26 bits per heavy atom. The van der Waals surface area contributed by atoms with Crippen LogP contribution in [-0.4, -0.2) is 62.0 Å². The second-order valence-electron chi connectivity index (χ2n) is 4.85. The number of carbonyl (C=O) groups is 3. The van der Waals surface area contributed by atoms with Gasteiger partial charge in [0.05, 0.1) is 24.9 Å². The van der Waals surface area contributed by atoms with E-state index in [1.54, 1.807) is 0 Å². The zero-order valence-electron chi connectivity index (χ0n) is 12.9. The summed E-state index contributed by atoms with van der Waals surface area (Å²) in [6.45, 7) is -0.416. The first-order valence-corrected chi connectivity index (χ1v) is 7.02. The van der Waals surface area contributed by atoms with E-state index in [0.29, 0.717) is 22.2 Å². The van der Waals surface area contributed by atoms with Gasteiger partial charge in [-0.15, -0.1) is 0 Å². The highest BCUT2D eigenvalue weighted by atomic mass is 35.5. The number of hydrogen-bond donors (Lipinski definition) is 1. The van der Waals surface area contributed by atoms with Gasteiger partial charge in [-0.05, 0) is 0 Å². The minimum absolute atomic E-state index is 0.0375. The fourth-order valence-electron chi connectivity index (χ4n) is 2.12. The van der Waals surface area contributed by atoms with Crippen LogP contribution >= 0.6 is 11.6 Å². The molecule has 0 atom stereocenters. The summed E-state index contributed by atoms with van der Waals surface area (Å²) in [6, 6.07) is 2.49. The van der Waals surface area contributed by atoms with E-state index in [1.165, 1.54) is 38.3 Å². The molecule has 1 heterocycles. The summed E-state index contributed by atoms with van der Waals surface area (Å²) >= 11 is 5.99. The van der Waals surface area contributed by atoms with Crippen molar-refractivity contribution < 1.29 is 23.9 Å². The molecule has 23 heavy (non-hydrogen) atoms. The van der Waals surface area contributed by atoms with Crippen LogP contribution in [-0.2, 0) is 9.59 Å². The maximum absolute atomic E-state index is 12.1. The molecule has 4 amide bonds. The van der Waals surface area contributed by atoms with Crippen LogP contribution in [0.2, 0.25) is 5.02 Å². The minimum Gasteiger partial charge on any atom is -0.495 e. The summed E-state index contributed by atoms with van der Waals surface area (Å²) in [7, 11) is 4.36. The molecule has 0 saturated carbocycles. The molecule has 1 aliphatic rings. The number of urea groups is 1. The van der Waals surface area contributed by atoms with E-state index < -0.39 is 17.8 Å². The number of hydrogen-bond acceptors (Lipinski definition) is 5. The van der Waals surface area contributed by atoms with Gasteiger partial charge in [-0.1, -0.05) is 11.6 Å². The molecule has 1 saturated heterocycles. The van der Waals surface area contributed by atoms with E-state index in [-0.39, 0.29) is 13.1 Å². The number of rotatable bonds is 5. The smallest absolute Gasteiger partial charge is 0.327 e. The van der Waals surface area contributed by atoms with Crippen LogP contribution in [0, 0.1) is 0 Å². The molecule has 0 spiro atoms. The molecule has 2 rings (SSSR count). The molecule has 9 heteroatoms. The first kappa shape index (κ1) is 16.9. The van der Waals surface area contributed by atoms with Crippen molar-refractivity contribution in [2.75, 3.05) is 39.7 Å². The number of methoxy groups -OCH3 is 2. The van der Waals surface area contributed by atoms with E-state index in [1.807, 2.05) is 0 Å². The Morgan fingerprint density at radius 2 is 1.91 bits per heavy atom. The van der Waals surface area contributed by atoms with Crippen molar-refractivity contribution in [3.63, 3.8) is 0 Å². The molecular formula is C14H16ClN3O5. The molecule has 1 aliphatic heterocycles. The van der Waals surface area contributed by atoms with Gasteiger partial charge in [0.2, 0.25) is 5.91 Å². The molecule has 0 aliphatic carbocycles. The van der Waals surface area contributed by atoms with E-state index in [0.717, 1.165) is 4.90 Å². The number of carbonyl (C=O) groups excluding carboxylic acids is 3. The number of nitrogens with zero attached hydrogens (tertiary/aromatic N) is 2. The topological polar surface area (TPSA) is 88.2 Å². The molecule has 8 nitrogen and oxygen atoms in total. The van der Waals surface area contributed by atoms with Gasteiger partial charge in [-0.3, -0.25) is 14.5 Å². The van der Waals surface area contributed by atoms with Gasteiger partial charge >= 0.3 is 6.03 Å². The normalized spacial score (nSPS) is 14.3. The van der Waals surface area contributed by atoms with Crippen molar-refractivity contribution in [1.29, 1.82) is 0 Å². The Hall–Kier alpha value is -2.48. The predicted molar refractivity (Wildman–Crippen MR) is 82.9 cm³/mol. The van der Waals surface area contributed by atoms with Crippen molar-refractivity contribution in [3.8, 4) is 11.5 Å².